The maximum atomic E-state index is 11.1. The van der Waals surface area contributed by atoms with Gasteiger partial charge in [0.1, 0.15) is 0 Å². The zero-order chi connectivity index (χ0) is 9.47. The van der Waals surface area contributed by atoms with Gasteiger partial charge < -0.3 is 0 Å². The van der Waals surface area contributed by atoms with E-state index in [2.05, 4.69) is 0 Å². The third-order valence-corrected chi connectivity index (χ3v) is 3.93. The predicted molar refractivity (Wildman–Crippen MR) is 52.8 cm³/mol. The van der Waals surface area contributed by atoms with Crippen LogP contribution < -0.4 is 9.44 Å². The summed E-state index contributed by atoms with van der Waals surface area (Å²) < 4.78 is 23.4. The molecule has 0 fully saturated rings. The van der Waals surface area contributed by atoms with Crippen LogP contribution in [0.5, 0.6) is 0 Å². The first-order valence-electron chi connectivity index (χ1n) is 3.61. The molecule has 0 unspecified atom stereocenters. The van der Waals surface area contributed by atoms with Crippen molar-refractivity contribution in [2.24, 2.45) is 5.14 Å². The highest BCUT2D eigenvalue weighted by Crippen LogP contribution is 2.38. The van der Waals surface area contributed by atoms with Crippen LogP contribution in [0.2, 0.25) is 0 Å². The summed E-state index contributed by atoms with van der Waals surface area (Å²) in [6, 6.07) is 7.30. The lowest BCUT2D eigenvalue weighted by atomic mass is 10.3. The molecule has 2 rings (SSSR count). The molecule has 13 heavy (non-hydrogen) atoms. The Balaban J connectivity index is 2.51. The lowest BCUT2D eigenvalue weighted by Crippen LogP contribution is -2.34. The van der Waals surface area contributed by atoms with Gasteiger partial charge in [-0.3, -0.25) is 0 Å². The van der Waals surface area contributed by atoms with Gasteiger partial charge in [0.15, 0.2) is 0 Å². The summed E-state index contributed by atoms with van der Waals surface area (Å²) in [6.07, 6.45) is 0. The van der Waals surface area contributed by atoms with Crippen LogP contribution in [-0.2, 0) is 10.2 Å². The standard InChI is InChI=1S/C7H8N2O2S2/c8-13(10,11)9-5-12-7-4-2-1-3-6(7)9/h1-4H,5H2,(H2,8,10,11). The summed E-state index contributed by atoms with van der Waals surface area (Å²) in [6.45, 7) is 0. The van der Waals surface area contributed by atoms with Crippen LogP contribution in [0.15, 0.2) is 29.2 Å². The Labute approximate surface area is 80.9 Å². The fourth-order valence-electron chi connectivity index (χ4n) is 1.19. The van der Waals surface area contributed by atoms with Crippen LogP contribution >= 0.6 is 11.8 Å². The second-order valence-electron chi connectivity index (χ2n) is 2.63. The van der Waals surface area contributed by atoms with Gasteiger partial charge in [-0.15, -0.1) is 11.8 Å². The molecule has 1 aromatic rings. The molecule has 0 atom stereocenters. The smallest absolute Gasteiger partial charge is 0.247 e. The van der Waals surface area contributed by atoms with Gasteiger partial charge in [-0.1, -0.05) is 12.1 Å². The van der Waals surface area contributed by atoms with Gasteiger partial charge >= 0.3 is 0 Å². The van der Waals surface area contributed by atoms with Crippen LogP contribution in [0.25, 0.3) is 0 Å². The van der Waals surface area contributed by atoms with Gasteiger partial charge in [0.25, 0.3) is 10.2 Å². The van der Waals surface area contributed by atoms with E-state index in [4.69, 9.17) is 5.14 Å². The number of para-hydroxylation sites is 1. The molecule has 70 valence electrons. The van der Waals surface area contributed by atoms with Crippen LogP contribution in [0.4, 0.5) is 5.69 Å². The molecule has 0 aromatic heterocycles. The van der Waals surface area contributed by atoms with E-state index >= 15 is 0 Å². The van der Waals surface area contributed by atoms with Gasteiger partial charge in [0, 0.05) is 4.90 Å². The van der Waals surface area contributed by atoms with Crippen molar-refractivity contribution in [3.05, 3.63) is 24.3 Å². The van der Waals surface area contributed by atoms with Gasteiger partial charge in [-0.25, -0.2) is 9.44 Å². The normalized spacial score (nSPS) is 15.9. The lowest BCUT2D eigenvalue weighted by Gasteiger charge is -2.13. The number of anilines is 1. The molecule has 1 aliphatic rings. The summed E-state index contributed by atoms with van der Waals surface area (Å²) in [4.78, 5) is 0.955. The van der Waals surface area contributed by atoms with E-state index in [0.29, 0.717) is 11.6 Å². The Morgan fingerprint density at radius 1 is 1.38 bits per heavy atom. The Bertz CT molecular complexity index is 430. The van der Waals surface area contributed by atoms with E-state index in [0.717, 1.165) is 4.90 Å². The SMILES string of the molecule is NS(=O)(=O)N1CSc2ccccc21. The molecule has 0 amide bonds. The average Bonchev–Trinajstić information content (AvgIpc) is 2.45. The maximum absolute atomic E-state index is 11.1. The highest BCUT2D eigenvalue weighted by atomic mass is 32.2. The van der Waals surface area contributed by atoms with Crippen molar-refractivity contribution in [3.63, 3.8) is 0 Å². The van der Waals surface area contributed by atoms with E-state index < -0.39 is 10.2 Å². The molecule has 0 radical (unpaired) electrons. The largest absolute Gasteiger partial charge is 0.299 e. The number of hydrogen-bond donors (Lipinski definition) is 1. The van der Waals surface area contributed by atoms with E-state index in [1.54, 1.807) is 12.1 Å². The molecule has 0 saturated heterocycles. The Morgan fingerprint density at radius 3 is 2.77 bits per heavy atom. The summed E-state index contributed by atoms with van der Waals surface area (Å²) in [5.41, 5.74) is 0.676. The second kappa shape index (κ2) is 2.90. The number of benzene rings is 1. The minimum Gasteiger partial charge on any atom is -0.247 e. The molecule has 6 heteroatoms. The number of thioether (sulfide) groups is 1. The van der Waals surface area contributed by atoms with E-state index in [9.17, 15) is 8.42 Å². The van der Waals surface area contributed by atoms with Crippen LogP contribution in [0.1, 0.15) is 0 Å². The van der Waals surface area contributed by atoms with Gasteiger partial charge in [-0.05, 0) is 12.1 Å². The number of fused-ring (bicyclic) bond motifs is 1. The number of hydrogen-bond acceptors (Lipinski definition) is 3. The Morgan fingerprint density at radius 2 is 2.08 bits per heavy atom. The Kier molecular flexibility index (Phi) is 1.98. The summed E-state index contributed by atoms with van der Waals surface area (Å²) >= 11 is 1.47. The molecule has 0 spiro atoms. The molecule has 1 aliphatic heterocycles. The van der Waals surface area contributed by atoms with Crippen LogP contribution in [0, 0.1) is 0 Å². The average molecular weight is 216 g/mol. The van der Waals surface area contributed by atoms with Crippen molar-refractivity contribution in [2.75, 3.05) is 10.2 Å². The van der Waals surface area contributed by atoms with Gasteiger partial charge in [-0.2, -0.15) is 8.42 Å². The van der Waals surface area contributed by atoms with Gasteiger partial charge in [0.2, 0.25) is 0 Å². The number of nitrogens with zero attached hydrogens (tertiary/aromatic N) is 1. The minimum atomic E-state index is -3.60. The third-order valence-electron chi connectivity index (χ3n) is 1.78. The monoisotopic (exact) mass is 216 g/mol. The van der Waals surface area contributed by atoms with Crippen molar-refractivity contribution in [1.82, 2.24) is 0 Å². The number of nitrogens with two attached hydrogens (primary N) is 1. The molecular weight excluding hydrogens is 208 g/mol. The van der Waals surface area contributed by atoms with Crippen LogP contribution in [-0.4, -0.2) is 14.3 Å². The fraction of sp³-hybridized carbons (Fsp3) is 0.143. The molecule has 2 N–H and O–H groups in total. The first-order valence-corrected chi connectivity index (χ1v) is 6.10. The van der Waals surface area contributed by atoms with Crippen molar-refractivity contribution < 1.29 is 8.42 Å². The van der Waals surface area contributed by atoms with E-state index in [1.165, 1.54) is 16.1 Å². The van der Waals surface area contributed by atoms with E-state index in [-0.39, 0.29) is 0 Å². The quantitative estimate of drug-likeness (QED) is 0.753. The first-order chi connectivity index (χ1) is 6.09. The lowest BCUT2D eigenvalue weighted by molar-refractivity contribution is 0.595. The number of rotatable bonds is 1. The third kappa shape index (κ3) is 1.52. The molecule has 0 saturated carbocycles. The minimum absolute atomic E-state index is 0.373. The van der Waals surface area contributed by atoms with Gasteiger partial charge in [0.05, 0.1) is 11.6 Å². The summed E-state index contributed by atoms with van der Waals surface area (Å²) in [5, 5.41) is 5.04. The van der Waals surface area contributed by atoms with Crippen molar-refractivity contribution in [1.29, 1.82) is 0 Å². The topological polar surface area (TPSA) is 63.4 Å². The highest BCUT2D eigenvalue weighted by Gasteiger charge is 2.26. The Hall–Kier alpha value is -0.720. The molecule has 0 aliphatic carbocycles. The summed E-state index contributed by atoms with van der Waals surface area (Å²) in [5.74, 6) is 0.373. The molecule has 1 aromatic carbocycles. The highest BCUT2D eigenvalue weighted by molar-refractivity contribution is 8.01. The molecule has 4 nitrogen and oxygen atoms in total. The zero-order valence-corrected chi connectivity index (χ0v) is 8.31. The fourth-order valence-corrected chi connectivity index (χ4v) is 3.33. The van der Waals surface area contributed by atoms with Crippen molar-refractivity contribution in [3.8, 4) is 0 Å². The van der Waals surface area contributed by atoms with Crippen LogP contribution in [0.3, 0.4) is 0 Å². The molecular formula is C7H8N2O2S2. The summed E-state index contributed by atoms with van der Waals surface area (Å²) in [7, 11) is -3.60. The van der Waals surface area contributed by atoms with Crippen molar-refractivity contribution in [2.45, 2.75) is 4.90 Å². The van der Waals surface area contributed by atoms with Crippen molar-refractivity contribution >= 4 is 27.7 Å². The molecule has 1 heterocycles. The first kappa shape index (κ1) is 8.86. The zero-order valence-electron chi connectivity index (χ0n) is 6.67. The second-order valence-corrected chi connectivity index (χ2v) is 5.09. The maximum Gasteiger partial charge on any atom is 0.299 e. The predicted octanol–water partition coefficient (Wildman–Crippen LogP) is 0.760. The molecule has 0 bridgehead atoms. The van der Waals surface area contributed by atoms with E-state index in [1.807, 2.05) is 12.1 Å².